The van der Waals surface area contributed by atoms with E-state index >= 15 is 0 Å². The number of hydrogen-bond acceptors (Lipinski definition) is 2. The molecule has 0 saturated heterocycles. The number of hydrogen-bond donors (Lipinski definition) is 0. The molecule has 25 heavy (non-hydrogen) atoms. The highest BCUT2D eigenvalue weighted by atomic mass is 16.5. The van der Waals surface area contributed by atoms with E-state index in [9.17, 15) is 4.79 Å². The van der Waals surface area contributed by atoms with E-state index < -0.39 is 0 Å². The third-order valence-corrected chi connectivity index (χ3v) is 5.52. The van der Waals surface area contributed by atoms with Gasteiger partial charge in [0.2, 0.25) is 0 Å². The molecule has 1 fully saturated rings. The van der Waals surface area contributed by atoms with Crippen LogP contribution < -0.4 is 4.74 Å². The van der Waals surface area contributed by atoms with Crippen molar-refractivity contribution in [3.05, 3.63) is 52.6 Å². The van der Waals surface area contributed by atoms with E-state index in [1.54, 1.807) is 6.92 Å². The Balaban J connectivity index is 2.04. The van der Waals surface area contributed by atoms with Crippen LogP contribution in [0.15, 0.2) is 30.3 Å². The van der Waals surface area contributed by atoms with E-state index in [1.165, 1.54) is 24.0 Å². The summed E-state index contributed by atoms with van der Waals surface area (Å²) in [5.41, 5.74) is 6.97. The van der Waals surface area contributed by atoms with Crippen molar-refractivity contribution in [2.45, 2.75) is 53.9 Å². The Morgan fingerprint density at radius 1 is 1.16 bits per heavy atom. The van der Waals surface area contributed by atoms with Gasteiger partial charge in [0, 0.05) is 16.5 Å². The molecule has 0 spiro atoms. The molecule has 2 nitrogen and oxygen atoms in total. The summed E-state index contributed by atoms with van der Waals surface area (Å²) < 4.78 is 6.31. The largest absolute Gasteiger partial charge is 0.492 e. The molecule has 132 valence electrons. The highest BCUT2D eigenvalue weighted by molar-refractivity contribution is 5.96. The maximum absolute atomic E-state index is 11.8. The number of benzene rings is 2. The summed E-state index contributed by atoms with van der Waals surface area (Å²) in [6.07, 6.45) is 3.35. The Labute approximate surface area is 151 Å². The first-order valence-electron chi connectivity index (χ1n) is 9.22. The summed E-state index contributed by atoms with van der Waals surface area (Å²) in [7, 11) is 0. The molecular weight excluding hydrogens is 308 g/mol. The quantitative estimate of drug-likeness (QED) is 0.613. The van der Waals surface area contributed by atoms with E-state index in [0.29, 0.717) is 5.41 Å². The smallest absolute Gasteiger partial charge is 0.160 e. The van der Waals surface area contributed by atoms with Gasteiger partial charge < -0.3 is 4.74 Å². The molecule has 2 aromatic rings. The van der Waals surface area contributed by atoms with Crippen LogP contribution in [0, 0.1) is 19.3 Å². The zero-order chi connectivity index (χ0) is 18.2. The summed E-state index contributed by atoms with van der Waals surface area (Å²) in [6, 6.07) is 10.5. The SMILES string of the molecule is CCc1cc(-c2ccc(C)c(C)c2OCC2(C)CC2)ccc1C(C)=O. The second-order valence-electron chi connectivity index (χ2n) is 7.77. The van der Waals surface area contributed by atoms with Crippen molar-refractivity contribution in [2.75, 3.05) is 6.61 Å². The second-order valence-corrected chi connectivity index (χ2v) is 7.77. The molecule has 3 rings (SSSR count). The Kier molecular flexibility index (Phi) is 4.73. The first kappa shape index (κ1) is 17.7. The third-order valence-electron chi connectivity index (χ3n) is 5.52. The Morgan fingerprint density at radius 3 is 2.48 bits per heavy atom. The van der Waals surface area contributed by atoms with Crippen LogP contribution in [0.25, 0.3) is 11.1 Å². The van der Waals surface area contributed by atoms with Gasteiger partial charge in [-0.05, 0) is 62.3 Å². The molecule has 2 aromatic carbocycles. The molecule has 1 aliphatic carbocycles. The molecule has 0 amide bonds. The van der Waals surface area contributed by atoms with Crippen LogP contribution in [0.3, 0.4) is 0 Å². The van der Waals surface area contributed by atoms with E-state index in [2.05, 4.69) is 45.9 Å². The van der Waals surface area contributed by atoms with Crippen molar-refractivity contribution in [2.24, 2.45) is 5.41 Å². The van der Waals surface area contributed by atoms with Crippen molar-refractivity contribution in [3.8, 4) is 16.9 Å². The van der Waals surface area contributed by atoms with Crippen molar-refractivity contribution in [3.63, 3.8) is 0 Å². The highest BCUT2D eigenvalue weighted by Gasteiger charge is 2.38. The molecule has 1 saturated carbocycles. The van der Waals surface area contributed by atoms with Gasteiger partial charge in [0.25, 0.3) is 0 Å². The lowest BCUT2D eigenvalue weighted by Crippen LogP contribution is -2.10. The molecule has 0 atom stereocenters. The summed E-state index contributed by atoms with van der Waals surface area (Å²) in [6.45, 7) is 11.0. The van der Waals surface area contributed by atoms with Crippen molar-refractivity contribution in [1.82, 2.24) is 0 Å². The van der Waals surface area contributed by atoms with Gasteiger partial charge in [-0.1, -0.05) is 44.2 Å². The minimum atomic E-state index is 0.126. The van der Waals surface area contributed by atoms with Gasteiger partial charge in [0.05, 0.1) is 6.61 Å². The third kappa shape index (κ3) is 3.63. The Hall–Kier alpha value is -2.09. The fourth-order valence-electron chi connectivity index (χ4n) is 3.20. The number of Topliss-reactive ketones (excluding diaryl/α,β-unsaturated/α-hetero) is 1. The topological polar surface area (TPSA) is 26.3 Å². The average Bonchev–Trinajstić information content (AvgIpc) is 3.33. The summed E-state index contributed by atoms with van der Waals surface area (Å²) in [4.78, 5) is 11.8. The van der Waals surface area contributed by atoms with Crippen LogP contribution in [0.1, 0.15) is 60.7 Å². The monoisotopic (exact) mass is 336 g/mol. The lowest BCUT2D eigenvalue weighted by Gasteiger charge is -2.19. The van der Waals surface area contributed by atoms with Crippen LogP contribution in [0.5, 0.6) is 5.75 Å². The first-order chi connectivity index (χ1) is 11.8. The molecule has 2 heteroatoms. The minimum absolute atomic E-state index is 0.126. The number of ether oxygens (including phenoxy) is 1. The normalized spacial score (nSPS) is 15.1. The second kappa shape index (κ2) is 6.67. The molecular formula is C23H28O2. The van der Waals surface area contributed by atoms with Crippen LogP contribution in [0.2, 0.25) is 0 Å². The molecule has 0 unspecified atom stereocenters. The molecule has 0 radical (unpaired) electrons. The summed E-state index contributed by atoms with van der Waals surface area (Å²) >= 11 is 0. The van der Waals surface area contributed by atoms with Gasteiger partial charge >= 0.3 is 0 Å². The number of rotatable bonds is 6. The van der Waals surface area contributed by atoms with E-state index in [4.69, 9.17) is 4.74 Å². The average molecular weight is 336 g/mol. The van der Waals surface area contributed by atoms with Gasteiger partial charge in [-0.15, -0.1) is 0 Å². The lowest BCUT2D eigenvalue weighted by molar-refractivity contribution is 0.101. The zero-order valence-electron chi connectivity index (χ0n) is 16.0. The fourth-order valence-corrected chi connectivity index (χ4v) is 3.20. The maximum Gasteiger partial charge on any atom is 0.160 e. The first-order valence-corrected chi connectivity index (χ1v) is 9.22. The predicted octanol–water partition coefficient (Wildman–Crippen LogP) is 5.91. The Morgan fingerprint density at radius 2 is 1.88 bits per heavy atom. The van der Waals surface area contributed by atoms with Gasteiger partial charge in [-0.3, -0.25) is 4.79 Å². The van der Waals surface area contributed by atoms with E-state index in [1.807, 2.05) is 12.1 Å². The molecule has 0 aliphatic heterocycles. The van der Waals surface area contributed by atoms with Crippen LogP contribution in [-0.4, -0.2) is 12.4 Å². The van der Waals surface area contributed by atoms with E-state index in [-0.39, 0.29) is 5.78 Å². The van der Waals surface area contributed by atoms with Crippen LogP contribution >= 0.6 is 0 Å². The summed E-state index contributed by atoms with van der Waals surface area (Å²) in [5.74, 6) is 1.12. The zero-order valence-corrected chi connectivity index (χ0v) is 16.0. The van der Waals surface area contributed by atoms with Crippen molar-refractivity contribution in [1.29, 1.82) is 0 Å². The number of aryl methyl sites for hydroxylation is 2. The highest BCUT2D eigenvalue weighted by Crippen LogP contribution is 2.46. The molecule has 0 aromatic heterocycles. The molecule has 1 aliphatic rings. The van der Waals surface area contributed by atoms with Crippen molar-refractivity contribution >= 4 is 5.78 Å². The van der Waals surface area contributed by atoms with Crippen LogP contribution in [-0.2, 0) is 6.42 Å². The van der Waals surface area contributed by atoms with Crippen LogP contribution in [0.4, 0.5) is 0 Å². The Bertz CT molecular complexity index is 813. The van der Waals surface area contributed by atoms with Gasteiger partial charge in [0.1, 0.15) is 5.75 Å². The number of ketones is 1. The summed E-state index contributed by atoms with van der Waals surface area (Å²) in [5, 5.41) is 0. The lowest BCUT2D eigenvalue weighted by atomic mass is 9.93. The molecule has 0 heterocycles. The number of carbonyl (C=O) groups excluding carboxylic acids is 1. The minimum Gasteiger partial charge on any atom is -0.492 e. The van der Waals surface area contributed by atoms with E-state index in [0.717, 1.165) is 41.0 Å². The van der Waals surface area contributed by atoms with Gasteiger partial charge in [-0.25, -0.2) is 0 Å². The van der Waals surface area contributed by atoms with Gasteiger partial charge in [0.15, 0.2) is 5.78 Å². The predicted molar refractivity (Wildman–Crippen MR) is 104 cm³/mol. The fraction of sp³-hybridized carbons (Fsp3) is 0.435. The van der Waals surface area contributed by atoms with Crippen molar-refractivity contribution < 1.29 is 9.53 Å². The maximum atomic E-state index is 11.8. The number of carbonyl (C=O) groups is 1. The molecule has 0 N–H and O–H groups in total. The molecule has 0 bridgehead atoms. The van der Waals surface area contributed by atoms with Gasteiger partial charge in [-0.2, -0.15) is 0 Å². The standard InChI is InChI=1S/C23H28O2/c1-6-18-13-19(8-10-20(18)17(4)24)21-9-7-15(2)16(3)22(21)25-14-23(5)11-12-23/h7-10,13H,6,11-12,14H2,1-5H3.